The summed E-state index contributed by atoms with van der Waals surface area (Å²) in [5.41, 5.74) is 2.78. The fourth-order valence-electron chi connectivity index (χ4n) is 1.84. The van der Waals surface area contributed by atoms with E-state index in [-0.39, 0.29) is 0 Å². The molecule has 0 saturated carbocycles. The molecule has 2 aromatic rings. The predicted octanol–water partition coefficient (Wildman–Crippen LogP) is 3.41. The van der Waals surface area contributed by atoms with Crippen molar-refractivity contribution in [1.29, 1.82) is 0 Å². The standard InChI is InChI=1S/C14H13.Al/c1-12(13-8-4-2-5-9-13)14-10-6-3-7-11-14;/h2-12H,1H2;. The zero-order valence-corrected chi connectivity index (χ0v) is 9.79. The summed E-state index contributed by atoms with van der Waals surface area (Å²) >= 11 is 2.84. The van der Waals surface area contributed by atoms with Crippen molar-refractivity contribution in [2.75, 3.05) is 0 Å². The molecule has 0 aliphatic carbocycles. The van der Waals surface area contributed by atoms with Crippen LogP contribution in [0.5, 0.6) is 0 Å². The Hall–Kier alpha value is -1.03. The van der Waals surface area contributed by atoms with E-state index >= 15 is 0 Å². The Bertz CT molecular complexity index is 355. The monoisotopic (exact) mass is 208 g/mol. The molecular weight excluding hydrogens is 195 g/mol. The zero-order chi connectivity index (χ0) is 10.5. The number of benzene rings is 2. The maximum Gasteiger partial charge on any atom is 0.119 e. The molecule has 1 heteroatoms. The topological polar surface area (TPSA) is 0 Å². The van der Waals surface area contributed by atoms with Gasteiger partial charge in [0.25, 0.3) is 0 Å². The molecule has 0 unspecified atom stereocenters. The largest absolute Gasteiger partial charge is 0.119 e. The summed E-state index contributed by atoms with van der Waals surface area (Å²) in [6.07, 6.45) is 0. The average Bonchev–Trinajstić information content (AvgIpc) is 2.33. The molecule has 0 spiro atoms. The molecule has 0 saturated heterocycles. The van der Waals surface area contributed by atoms with E-state index in [4.69, 9.17) is 0 Å². The van der Waals surface area contributed by atoms with Gasteiger partial charge in [-0.3, -0.25) is 0 Å². The zero-order valence-electron chi connectivity index (χ0n) is 8.64. The molecule has 0 aromatic heterocycles. The van der Waals surface area contributed by atoms with Crippen LogP contribution in [0.4, 0.5) is 0 Å². The Kier molecular flexibility index (Phi) is 3.61. The molecule has 0 nitrogen and oxygen atoms in total. The summed E-state index contributed by atoms with van der Waals surface area (Å²) in [5.74, 6) is 0.498. The van der Waals surface area contributed by atoms with Crippen LogP contribution in [0, 0.1) is 0 Å². The highest BCUT2D eigenvalue weighted by Gasteiger charge is 2.09. The van der Waals surface area contributed by atoms with Gasteiger partial charge in [0.2, 0.25) is 0 Å². The highest BCUT2D eigenvalue weighted by molar-refractivity contribution is 6.09. The van der Waals surface area contributed by atoms with Gasteiger partial charge in [-0.2, -0.15) is 0 Å². The second-order valence-electron chi connectivity index (χ2n) is 3.61. The molecule has 2 rings (SSSR count). The molecule has 0 amide bonds. The number of hydrogen-bond donors (Lipinski definition) is 0. The second-order valence-corrected chi connectivity index (χ2v) is 4.08. The van der Waals surface area contributed by atoms with Crippen molar-refractivity contribution in [2.45, 2.75) is 11.2 Å². The molecule has 0 bridgehead atoms. The lowest BCUT2D eigenvalue weighted by Gasteiger charge is -2.16. The van der Waals surface area contributed by atoms with Crippen LogP contribution in [-0.2, 0) is 0 Å². The van der Waals surface area contributed by atoms with Crippen LogP contribution in [0.1, 0.15) is 17.0 Å². The van der Waals surface area contributed by atoms with E-state index in [1.165, 1.54) is 11.1 Å². The normalized spacial score (nSPS) is 10.5. The predicted molar refractivity (Wildman–Crippen MR) is 65.3 cm³/mol. The molecular formula is C14H13Al. The lowest BCUT2D eigenvalue weighted by Crippen LogP contribution is -1.99. The van der Waals surface area contributed by atoms with E-state index in [1.807, 2.05) is 0 Å². The van der Waals surface area contributed by atoms with E-state index in [2.05, 4.69) is 77.0 Å². The Morgan fingerprint density at radius 3 is 1.47 bits per heavy atom. The summed E-state index contributed by atoms with van der Waals surface area (Å²) < 4.78 is 0. The smallest absolute Gasteiger partial charge is 0.107 e. The first-order valence-corrected chi connectivity index (χ1v) is 6.03. The molecule has 0 atom stereocenters. The minimum absolute atomic E-state index is 0.498. The van der Waals surface area contributed by atoms with Gasteiger partial charge in [-0.1, -0.05) is 60.7 Å². The van der Waals surface area contributed by atoms with Crippen molar-refractivity contribution in [3.63, 3.8) is 0 Å². The van der Waals surface area contributed by atoms with Crippen molar-refractivity contribution in [3.8, 4) is 0 Å². The minimum atomic E-state index is 0.498. The maximum absolute atomic E-state index is 2.84. The first kappa shape index (κ1) is 10.5. The molecule has 15 heavy (non-hydrogen) atoms. The van der Waals surface area contributed by atoms with E-state index < -0.39 is 0 Å². The van der Waals surface area contributed by atoms with Crippen LogP contribution >= 0.6 is 0 Å². The highest BCUT2D eigenvalue weighted by atomic mass is 27.0. The quantitative estimate of drug-likeness (QED) is 0.678. The molecule has 0 aliphatic heterocycles. The van der Waals surface area contributed by atoms with Crippen molar-refractivity contribution in [2.24, 2.45) is 0 Å². The SMILES string of the molecule is [Al][CH2]C(c1ccccc1)c1ccccc1. The van der Waals surface area contributed by atoms with Gasteiger partial charge in [0.15, 0.2) is 0 Å². The molecule has 2 radical (unpaired) electrons. The highest BCUT2D eigenvalue weighted by Crippen LogP contribution is 2.26. The van der Waals surface area contributed by atoms with Crippen molar-refractivity contribution >= 4 is 16.3 Å². The van der Waals surface area contributed by atoms with Crippen LogP contribution in [0.3, 0.4) is 0 Å². The van der Waals surface area contributed by atoms with Gasteiger partial charge in [0, 0.05) is 0 Å². The first-order valence-electron chi connectivity index (χ1n) is 5.22. The number of hydrogen-bond acceptors (Lipinski definition) is 0. The van der Waals surface area contributed by atoms with Crippen molar-refractivity contribution in [1.82, 2.24) is 0 Å². The van der Waals surface area contributed by atoms with Gasteiger partial charge in [-0.05, 0) is 17.0 Å². The van der Waals surface area contributed by atoms with Crippen LogP contribution in [-0.4, -0.2) is 16.3 Å². The van der Waals surface area contributed by atoms with Crippen molar-refractivity contribution in [3.05, 3.63) is 71.8 Å². The maximum atomic E-state index is 2.84. The summed E-state index contributed by atoms with van der Waals surface area (Å²) in [6.45, 7) is 0. The first-order chi connectivity index (χ1) is 7.42. The van der Waals surface area contributed by atoms with E-state index in [1.54, 1.807) is 0 Å². The lowest BCUT2D eigenvalue weighted by molar-refractivity contribution is 0.919. The lowest BCUT2D eigenvalue weighted by atomic mass is 9.93. The van der Waals surface area contributed by atoms with E-state index in [9.17, 15) is 0 Å². The van der Waals surface area contributed by atoms with Gasteiger partial charge in [0.1, 0.15) is 16.3 Å². The third-order valence-electron chi connectivity index (χ3n) is 2.64. The van der Waals surface area contributed by atoms with Gasteiger partial charge in [0.05, 0.1) is 0 Å². The Balaban J connectivity index is 2.34. The summed E-state index contributed by atoms with van der Waals surface area (Å²) in [4.78, 5) is 0. The number of rotatable bonds is 3. The fourth-order valence-corrected chi connectivity index (χ4v) is 2.38. The summed E-state index contributed by atoms with van der Waals surface area (Å²) in [7, 11) is 0. The van der Waals surface area contributed by atoms with E-state index in [0.29, 0.717) is 5.92 Å². The van der Waals surface area contributed by atoms with Crippen molar-refractivity contribution < 1.29 is 0 Å². The minimum Gasteiger partial charge on any atom is -0.107 e. The Morgan fingerprint density at radius 1 is 0.733 bits per heavy atom. The van der Waals surface area contributed by atoms with E-state index in [0.717, 1.165) is 5.28 Å². The van der Waals surface area contributed by atoms with Gasteiger partial charge < -0.3 is 0 Å². The molecule has 0 N–H and O–H groups in total. The molecule has 72 valence electrons. The average molecular weight is 208 g/mol. The molecule has 0 fully saturated rings. The molecule has 2 aromatic carbocycles. The molecule has 0 heterocycles. The summed E-state index contributed by atoms with van der Waals surface area (Å²) in [5, 5.41) is 1.06. The van der Waals surface area contributed by atoms with Crippen LogP contribution in [0.15, 0.2) is 60.7 Å². The molecule has 0 aliphatic rings. The Morgan fingerprint density at radius 2 is 1.13 bits per heavy atom. The second kappa shape index (κ2) is 5.17. The van der Waals surface area contributed by atoms with Gasteiger partial charge >= 0.3 is 0 Å². The third-order valence-corrected chi connectivity index (χ3v) is 3.11. The van der Waals surface area contributed by atoms with Crippen LogP contribution in [0.25, 0.3) is 0 Å². The Labute approximate surface area is 99.4 Å². The van der Waals surface area contributed by atoms with Crippen LogP contribution in [0.2, 0.25) is 5.28 Å². The summed E-state index contributed by atoms with van der Waals surface area (Å²) in [6, 6.07) is 21.3. The third kappa shape index (κ3) is 2.50. The van der Waals surface area contributed by atoms with Gasteiger partial charge in [-0.15, -0.1) is 5.28 Å². The van der Waals surface area contributed by atoms with Crippen LogP contribution < -0.4 is 0 Å². The fraction of sp³-hybridized carbons (Fsp3) is 0.143. The van der Waals surface area contributed by atoms with Gasteiger partial charge in [-0.25, -0.2) is 0 Å².